The van der Waals surface area contributed by atoms with Gasteiger partial charge in [0.15, 0.2) is 5.75 Å². The zero-order valence-electron chi connectivity index (χ0n) is 7.81. The third-order valence-electron chi connectivity index (χ3n) is 1.87. The van der Waals surface area contributed by atoms with E-state index >= 15 is 0 Å². The van der Waals surface area contributed by atoms with E-state index in [4.69, 9.17) is 16.3 Å². The van der Waals surface area contributed by atoms with Crippen LogP contribution in [0.4, 0.5) is 0 Å². The molecule has 0 aromatic heterocycles. The van der Waals surface area contributed by atoms with Gasteiger partial charge in [0.25, 0.3) is 0 Å². The molecule has 2 aromatic carbocycles. The van der Waals surface area contributed by atoms with Gasteiger partial charge in [-0.2, -0.15) is 0 Å². The molecule has 0 spiro atoms. The van der Waals surface area contributed by atoms with Gasteiger partial charge in [0, 0.05) is 5.02 Å². The number of benzene rings is 2. The van der Waals surface area contributed by atoms with Crippen molar-refractivity contribution in [2.75, 3.05) is 0 Å². The highest BCUT2D eigenvalue weighted by Crippen LogP contribution is 2.24. The molecule has 75 valence electrons. The monoisotopic (exact) mass is 219 g/mol. The molecule has 2 nitrogen and oxygen atoms in total. The normalized spacial score (nSPS) is 9.93. The van der Waals surface area contributed by atoms with Crippen LogP contribution in [-0.2, 0) is 5.11 Å². The van der Waals surface area contributed by atoms with Crippen LogP contribution in [0.2, 0.25) is 5.02 Å². The van der Waals surface area contributed by atoms with Crippen molar-refractivity contribution in [2.24, 2.45) is 0 Å². The van der Waals surface area contributed by atoms with Crippen LogP contribution in [-0.4, -0.2) is 0 Å². The second-order valence-corrected chi connectivity index (χ2v) is 3.46. The molecule has 0 amide bonds. The van der Waals surface area contributed by atoms with Crippen molar-refractivity contribution >= 4 is 11.6 Å². The summed E-state index contributed by atoms with van der Waals surface area (Å²) in [5, 5.41) is 11.5. The Labute approximate surface area is 92.7 Å². The topological polar surface area (TPSA) is 29.1 Å². The molecule has 15 heavy (non-hydrogen) atoms. The van der Waals surface area contributed by atoms with E-state index in [0.29, 0.717) is 16.5 Å². The molecular weight excluding hydrogens is 212 g/mol. The number of ether oxygens (including phenoxy) is 1. The average molecular weight is 220 g/mol. The Morgan fingerprint density at radius 1 is 0.800 bits per heavy atom. The summed E-state index contributed by atoms with van der Waals surface area (Å²) in [5.41, 5.74) is 0. The van der Waals surface area contributed by atoms with Crippen LogP contribution < -0.4 is 4.74 Å². The van der Waals surface area contributed by atoms with E-state index in [0.717, 1.165) is 0 Å². The summed E-state index contributed by atoms with van der Waals surface area (Å²) in [7, 11) is 0. The minimum atomic E-state index is -0.0292. The Hall–Kier alpha value is -1.67. The lowest BCUT2D eigenvalue weighted by molar-refractivity contribution is 0.354. The molecule has 0 aliphatic carbocycles. The van der Waals surface area contributed by atoms with Gasteiger partial charge in [-0.25, -0.2) is 0 Å². The predicted molar refractivity (Wildman–Crippen MR) is 58.1 cm³/mol. The Bertz CT molecular complexity index is 391. The van der Waals surface area contributed by atoms with Crippen LogP contribution in [0.5, 0.6) is 17.2 Å². The minimum Gasteiger partial charge on any atom is -0.457 e. The Kier molecular flexibility index (Phi) is 2.79. The van der Waals surface area contributed by atoms with Gasteiger partial charge >= 0.3 is 0 Å². The first-order valence-electron chi connectivity index (χ1n) is 4.44. The highest BCUT2D eigenvalue weighted by Gasteiger charge is 1.97. The zero-order chi connectivity index (χ0) is 10.7. The Balaban J connectivity index is 2.15. The molecule has 0 saturated heterocycles. The summed E-state index contributed by atoms with van der Waals surface area (Å²) in [4.78, 5) is 0. The maximum absolute atomic E-state index is 10.8. The summed E-state index contributed by atoms with van der Waals surface area (Å²) in [5.74, 6) is 1.30. The van der Waals surface area contributed by atoms with Gasteiger partial charge in [-0.05, 0) is 48.5 Å². The van der Waals surface area contributed by atoms with Crippen LogP contribution in [0, 0.1) is 0 Å². The Morgan fingerprint density at radius 2 is 1.27 bits per heavy atom. The fourth-order valence-corrected chi connectivity index (χ4v) is 1.27. The SMILES string of the molecule is [O]c1ccc(Oc2ccc(Cl)cc2)cc1. The second-order valence-electron chi connectivity index (χ2n) is 3.03. The van der Waals surface area contributed by atoms with Crippen molar-refractivity contribution in [3.63, 3.8) is 0 Å². The molecule has 0 aliphatic rings. The van der Waals surface area contributed by atoms with E-state index < -0.39 is 0 Å². The molecule has 2 rings (SSSR count). The van der Waals surface area contributed by atoms with Crippen LogP contribution in [0.15, 0.2) is 48.5 Å². The first-order chi connectivity index (χ1) is 7.24. The third kappa shape index (κ3) is 2.64. The fraction of sp³-hybridized carbons (Fsp3) is 0. The van der Waals surface area contributed by atoms with E-state index in [9.17, 15) is 5.11 Å². The van der Waals surface area contributed by atoms with Crippen LogP contribution in [0.25, 0.3) is 0 Å². The Morgan fingerprint density at radius 3 is 1.80 bits per heavy atom. The number of hydrogen-bond acceptors (Lipinski definition) is 1. The molecular formula is C12H8ClO2. The van der Waals surface area contributed by atoms with Crippen molar-refractivity contribution in [1.82, 2.24) is 0 Å². The third-order valence-corrected chi connectivity index (χ3v) is 2.13. The van der Waals surface area contributed by atoms with Crippen molar-refractivity contribution in [1.29, 1.82) is 0 Å². The van der Waals surface area contributed by atoms with E-state index in [2.05, 4.69) is 0 Å². The van der Waals surface area contributed by atoms with Crippen LogP contribution >= 0.6 is 11.6 Å². The van der Waals surface area contributed by atoms with Crippen LogP contribution in [0.3, 0.4) is 0 Å². The summed E-state index contributed by atoms with van der Waals surface area (Å²) < 4.78 is 5.49. The maximum atomic E-state index is 10.8. The highest BCUT2D eigenvalue weighted by molar-refractivity contribution is 6.30. The predicted octanol–water partition coefficient (Wildman–Crippen LogP) is 4.28. The second kappa shape index (κ2) is 4.24. The van der Waals surface area contributed by atoms with E-state index in [1.165, 1.54) is 12.1 Å². The number of halogens is 1. The van der Waals surface area contributed by atoms with E-state index in [-0.39, 0.29) is 5.75 Å². The molecule has 0 aliphatic heterocycles. The van der Waals surface area contributed by atoms with Gasteiger partial charge in [0.05, 0.1) is 0 Å². The van der Waals surface area contributed by atoms with Gasteiger partial charge in [-0.3, -0.25) is 5.11 Å². The highest BCUT2D eigenvalue weighted by atomic mass is 35.5. The standard InChI is InChI=1S/C12H8ClO2/c13-9-1-5-11(6-2-9)15-12-7-3-10(14)4-8-12/h1-8H. The first kappa shape index (κ1) is 9.87. The van der Waals surface area contributed by atoms with Gasteiger partial charge in [-0.15, -0.1) is 0 Å². The molecule has 0 saturated carbocycles. The lowest BCUT2D eigenvalue weighted by atomic mass is 10.3. The number of hydrogen-bond donors (Lipinski definition) is 0. The van der Waals surface area contributed by atoms with Gasteiger partial charge in [0.2, 0.25) is 0 Å². The van der Waals surface area contributed by atoms with Crippen molar-refractivity contribution in [3.05, 3.63) is 53.6 Å². The molecule has 0 heterocycles. The lowest BCUT2D eigenvalue weighted by Crippen LogP contribution is -1.82. The van der Waals surface area contributed by atoms with Gasteiger partial charge < -0.3 is 4.74 Å². The molecule has 1 radical (unpaired) electrons. The number of rotatable bonds is 2. The van der Waals surface area contributed by atoms with Crippen molar-refractivity contribution in [2.45, 2.75) is 0 Å². The van der Waals surface area contributed by atoms with Gasteiger partial charge in [0.1, 0.15) is 11.5 Å². The quantitative estimate of drug-likeness (QED) is 0.741. The van der Waals surface area contributed by atoms with Crippen molar-refractivity contribution in [3.8, 4) is 17.2 Å². The summed E-state index contributed by atoms with van der Waals surface area (Å²) in [6, 6.07) is 13.2. The fourth-order valence-electron chi connectivity index (χ4n) is 1.15. The zero-order valence-corrected chi connectivity index (χ0v) is 8.57. The van der Waals surface area contributed by atoms with Crippen molar-refractivity contribution < 1.29 is 9.84 Å². The molecule has 0 atom stereocenters. The first-order valence-corrected chi connectivity index (χ1v) is 4.82. The molecule has 0 fully saturated rings. The summed E-state index contributed by atoms with van der Waals surface area (Å²) in [6.07, 6.45) is 0. The minimum absolute atomic E-state index is 0.0292. The van der Waals surface area contributed by atoms with E-state index in [1.807, 2.05) is 0 Å². The largest absolute Gasteiger partial charge is 0.457 e. The summed E-state index contributed by atoms with van der Waals surface area (Å²) in [6.45, 7) is 0. The average Bonchev–Trinajstić information content (AvgIpc) is 2.25. The van der Waals surface area contributed by atoms with Crippen LogP contribution in [0.1, 0.15) is 0 Å². The smallest absolute Gasteiger partial charge is 0.178 e. The molecule has 0 bridgehead atoms. The maximum Gasteiger partial charge on any atom is 0.178 e. The van der Waals surface area contributed by atoms with Gasteiger partial charge in [-0.1, -0.05) is 11.6 Å². The molecule has 0 N–H and O–H groups in total. The lowest BCUT2D eigenvalue weighted by Gasteiger charge is -2.04. The molecule has 3 heteroatoms. The summed E-state index contributed by atoms with van der Waals surface area (Å²) >= 11 is 5.74. The molecule has 2 aromatic rings. The molecule has 0 unspecified atom stereocenters. The van der Waals surface area contributed by atoms with E-state index in [1.54, 1.807) is 36.4 Å².